The Morgan fingerprint density at radius 1 is 1.02 bits per heavy atom. The molecular formula is C37H40N4O5. The molecule has 0 aromatic carbocycles. The molecule has 8 bridgehead atoms. The Labute approximate surface area is 269 Å². The first kappa shape index (κ1) is 31.2. The fourth-order valence-corrected chi connectivity index (χ4v) is 7.28. The number of aliphatic imine (C=N–C) groups is 3. The van der Waals surface area contributed by atoms with Crippen LogP contribution in [0.3, 0.4) is 0 Å². The zero-order valence-electron chi connectivity index (χ0n) is 27.5. The molecule has 1 saturated heterocycles. The van der Waals surface area contributed by atoms with Gasteiger partial charge in [0.15, 0.2) is 0 Å². The number of carbonyl (C=O) groups is 2. The van der Waals surface area contributed by atoms with Crippen LogP contribution in [0.5, 0.6) is 0 Å². The summed E-state index contributed by atoms with van der Waals surface area (Å²) in [7, 11) is 1.32. The molecule has 2 N–H and O–H groups in total. The lowest BCUT2D eigenvalue weighted by Crippen LogP contribution is -2.25. The summed E-state index contributed by atoms with van der Waals surface area (Å²) >= 11 is 0. The van der Waals surface area contributed by atoms with Gasteiger partial charge in [0.1, 0.15) is 11.7 Å². The third kappa shape index (κ3) is 4.80. The minimum absolute atomic E-state index is 0.0804. The molecule has 3 unspecified atom stereocenters. The van der Waals surface area contributed by atoms with Crippen molar-refractivity contribution in [1.29, 1.82) is 0 Å². The molecule has 1 fully saturated rings. The van der Waals surface area contributed by atoms with Crippen LogP contribution in [-0.2, 0) is 19.1 Å². The molecule has 0 amide bonds. The van der Waals surface area contributed by atoms with Gasteiger partial charge < -0.3 is 19.9 Å². The van der Waals surface area contributed by atoms with E-state index in [2.05, 4.69) is 32.7 Å². The third-order valence-electron chi connectivity index (χ3n) is 9.83. The third-order valence-corrected chi connectivity index (χ3v) is 9.83. The Kier molecular flexibility index (Phi) is 8.04. The number of aliphatic hydroxyl groups excluding tert-OH is 1. The molecule has 0 radical (unpaired) electrons. The normalized spacial score (nSPS) is 25.0. The Balaban J connectivity index is 1.64. The van der Waals surface area contributed by atoms with Gasteiger partial charge in [0.2, 0.25) is 0 Å². The molecule has 9 heteroatoms. The first-order chi connectivity index (χ1) is 22.0. The Morgan fingerprint density at radius 2 is 1.74 bits per heavy atom. The van der Waals surface area contributed by atoms with Crippen LogP contribution in [0.2, 0.25) is 0 Å². The Morgan fingerprint density at radius 3 is 2.41 bits per heavy atom. The van der Waals surface area contributed by atoms with Gasteiger partial charge in [-0.1, -0.05) is 26.5 Å². The van der Waals surface area contributed by atoms with Gasteiger partial charge in [-0.05, 0) is 81.1 Å². The summed E-state index contributed by atoms with van der Waals surface area (Å²) in [5.41, 5.74) is 12.0. The van der Waals surface area contributed by atoms with E-state index in [0.29, 0.717) is 35.6 Å². The predicted octanol–water partition coefficient (Wildman–Crippen LogP) is 6.59. The average molecular weight is 621 g/mol. The van der Waals surface area contributed by atoms with Crippen LogP contribution in [0.4, 0.5) is 0 Å². The van der Waals surface area contributed by atoms with E-state index in [0.717, 1.165) is 68.5 Å². The number of fused-ring (bicyclic) bond motifs is 5. The van der Waals surface area contributed by atoms with Crippen molar-refractivity contribution in [1.82, 2.24) is 5.32 Å². The van der Waals surface area contributed by atoms with Crippen LogP contribution in [0.1, 0.15) is 60.8 Å². The van der Waals surface area contributed by atoms with E-state index in [9.17, 15) is 14.7 Å². The standard InChI is InChI=1S/C37H40N4O5/c1-9-21-17(4)24-14-26-19(6)23(12-13-30(42)46-11-3)34(40-26)32-33(37(44)45-8)36(43)31-20(7)27(41-35(31)32)16-29-22(10-2)18(5)25(39-29)15-28(21)38-24/h9,14-16,19,23,33,40,43H,1,10-13H2,2-8H3. The van der Waals surface area contributed by atoms with Gasteiger partial charge in [0, 0.05) is 46.4 Å². The molecule has 3 atom stereocenters. The summed E-state index contributed by atoms with van der Waals surface area (Å²) in [6.07, 6.45) is 9.29. The molecule has 1 aliphatic carbocycles. The number of hydrogen-bond donors (Lipinski definition) is 2. The SMILES string of the molecule is C=CC1=C(C)C2=NC1=CC1=NC(=CC3=C(C)C4=C(O)C(C(=O)OC)C(=C5NC(=C2)C(C)C5CCC(=O)OCC)C4=N3)C(CC)=C1C. The highest BCUT2D eigenvalue weighted by atomic mass is 16.5. The van der Waals surface area contributed by atoms with Crippen molar-refractivity contribution in [3.05, 3.63) is 104 Å². The number of allylic oxidation sites excluding steroid dienone is 11. The van der Waals surface area contributed by atoms with Gasteiger partial charge in [-0.15, -0.1) is 0 Å². The Hall–Kier alpha value is -4.79. The number of ether oxygens (including phenoxy) is 2. The van der Waals surface area contributed by atoms with E-state index in [1.165, 1.54) is 7.11 Å². The van der Waals surface area contributed by atoms with Crippen molar-refractivity contribution < 1.29 is 24.2 Å². The molecule has 6 rings (SSSR count). The maximum atomic E-state index is 13.3. The minimum atomic E-state index is -1.06. The van der Waals surface area contributed by atoms with Gasteiger partial charge in [-0.2, -0.15) is 0 Å². The fraction of sp³-hybridized carbons (Fsp3) is 0.378. The molecule has 6 aliphatic rings. The van der Waals surface area contributed by atoms with Crippen LogP contribution in [0, 0.1) is 17.8 Å². The van der Waals surface area contributed by atoms with Crippen molar-refractivity contribution in [2.45, 2.75) is 60.8 Å². The van der Waals surface area contributed by atoms with Gasteiger partial charge >= 0.3 is 11.9 Å². The van der Waals surface area contributed by atoms with Crippen molar-refractivity contribution in [3.8, 4) is 0 Å². The second-order valence-corrected chi connectivity index (χ2v) is 12.2. The maximum absolute atomic E-state index is 13.3. The summed E-state index contributed by atoms with van der Waals surface area (Å²) in [4.78, 5) is 41.0. The van der Waals surface area contributed by atoms with Crippen LogP contribution in [-0.4, -0.2) is 47.9 Å². The number of rotatable bonds is 7. The smallest absolute Gasteiger partial charge is 0.321 e. The summed E-state index contributed by atoms with van der Waals surface area (Å²) in [6.45, 7) is 16.4. The number of aliphatic hydroxyl groups is 1. The molecule has 5 aliphatic heterocycles. The van der Waals surface area contributed by atoms with E-state index in [1.54, 1.807) is 6.92 Å². The lowest BCUT2D eigenvalue weighted by molar-refractivity contribution is -0.144. The lowest BCUT2D eigenvalue weighted by Gasteiger charge is -2.20. The van der Waals surface area contributed by atoms with E-state index in [4.69, 9.17) is 24.5 Å². The number of methoxy groups -OCH3 is 1. The molecule has 0 spiro atoms. The highest BCUT2D eigenvalue weighted by Gasteiger charge is 2.49. The zero-order valence-corrected chi connectivity index (χ0v) is 27.5. The summed E-state index contributed by atoms with van der Waals surface area (Å²) < 4.78 is 10.5. The largest absolute Gasteiger partial charge is 0.510 e. The van der Waals surface area contributed by atoms with Crippen molar-refractivity contribution in [2.75, 3.05) is 13.7 Å². The van der Waals surface area contributed by atoms with Crippen LogP contribution in [0.15, 0.2) is 119 Å². The van der Waals surface area contributed by atoms with Crippen molar-refractivity contribution >= 4 is 29.1 Å². The monoisotopic (exact) mass is 620 g/mol. The second kappa shape index (κ2) is 11.9. The van der Waals surface area contributed by atoms with Crippen LogP contribution >= 0.6 is 0 Å². The summed E-state index contributed by atoms with van der Waals surface area (Å²) in [5, 5.41) is 15.3. The van der Waals surface area contributed by atoms with E-state index in [-0.39, 0.29) is 30.0 Å². The average Bonchev–Trinajstić information content (AvgIpc) is 3.77. The highest BCUT2D eigenvalue weighted by molar-refractivity contribution is 6.24. The topological polar surface area (TPSA) is 122 Å². The number of nitrogens with zero attached hydrogens (tertiary/aromatic N) is 3. The highest BCUT2D eigenvalue weighted by Crippen LogP contribution is 2.49. The molecule has 0 saturated carbocycles. The molecule has 238 valence electrons. The van der Waals surface area contributed by atoms with E-state index in [1.807, 2.05) is 38.2 Å². The second-order valence-electron chi connectivity index (χ2n) is 12.2. The van der Waals surface area contributed by atoms with Crippen molar-refractivity contribution in [2.24, 2.45) is 32.7 Å². The molecule has 9 nitrogen and oxygen atoms in total. The van der Waals surface area contributed by atoms with Crippen molar-refractivity contribution in [3.63, 3.8) is 0 Å². The van der Waals surface area contributed by atoms with E-state index < -0.39 is 11.9 Å². The molecule has 0 aromatic heterocycles. The first-order valence-corrected chi connectivity index (χ1v) is 15.9. The number of carbonyl (C=O) groups excluding carboxylic acids is 2. The number of nitrogens with one attached hydrogen (secondary N) is 1. The number of hydrogen-bond acceptors (Lipinski definition) is 9. The molecule has 5 heterocycles. The van der Waals surface area contributed by atoms with E-state index >= 15 is 0 Å². The fourth-order valence-electron chi connectivity index (χ4n) is 7.28. The number of esters is 2. The molecule has 0 aromatic rings. The lowest BCUT2D eigenvalue weighted by atomic mass is 9.84. The minimum Gasteiger partial charge on any atom is -0.510 e. The van der Waals surface area contributed by atoms with Gasteiger partial charge in [0.25, 0.3) is 0 Å². The molecular weight excluding hydrogens is 580 g/mol. The zero-order chi connectivity index (χ0) is 33.0. The summed E-state index contributed by atoms with van der Waals surface area (Å²) in [5.74, 6) is -2.29. The predicted molar refractivity (Wildman–Crippen MR) is 179 cm³/mol. The van der Waals surface area contributed by atoms with Gasteiger partial charge in [-0.3, -0.25) is 9.59 Å². The van der Waals surface area contributed by atoms with Gasteiger partial charge in [0.05, 0.1) is 47.9 Å². The molecule has 46 heavy (non-hydrogen) atoms. The van der Waals surface area contributed by atoms with Crippen LogP contribution in [0.25, 0.3) is 0 Å². The first-order valence-electron chi connectivity index (χ1n) is 15.9. The van der Waals surface area contributed by atoms with Gasteiger partial charge in [-0.25, -0.2) is 15.0 Å². The quantitative estimate of drug-likeness (QED) is 0.310. The Bertz CT molecular complexity index is 1850. The summed E-state index contributed by atoms with van der Waals surface area (Å²) in [6, 6.07) is 0. The van der Waals surface area contributed by atoms with Crippen LogP contribution < -0.4 is 5.32 Å². The maximum Gasteiger partial charge on any atom is 0.321 e.